The molecule has 2 rings (SSSR count). The monoisotopic (exact) mass is 388 g/mol. The number of esters is 2. The van der Waals surface area contributed by atoms with Crippen molar-refractivity contribution in [2.24, 2.45) is 0 Å². The summed E-state index contributed by atoms with van der Waals surface area (Å²) in [5, 5.41) is 28.9. The molecule has 3 N–H and O–H groups in total. The number of hydrogen-bond donors (Lipinski definition) is 3. The summed E-state index contributed by atoms with van der Waals surface area (Å²) in [5.41, 5.74) is -0.607. The SMILES string of the molecule is COC(=O)c1ccc(C(C(=O)O)c2ccc(C(=O)O)c(C(=O)OC)c2)cc1O. The number of aliphatic carboxylic acids is 1. The Kier molecular flexibility index (Phi) is 5.99. The van der Waals surface area contributed by atoms with Crippen molar-refractivity contribution < 1.29 is 44.0 Å². The number of methoxy groups -OCH3 is 2. The quantitative estimate of drug-likeness (QED) is 0.631. The van der Waals surface area contributed by atoms with Gasteiger partial charge in [-0.1, -0.05) is 12.1 Å². The lowest BCUT2D eigenvalue weighted by molar-refractivity contribution is -0.137. The van der Waals surface area contributed by atoms with Gasteiger partial charge in [-0.15, -0.1) is 0 Å². The maximum atomic E-state index is 11.9. The summed E-state index contributed by atoms with van der Waals surface area (Å²) in [5.74, 6) is -6.25. The van der Waals surface area contributed by atoms with E-state index >= 15 is 0 Å². The van der Waals surface area contributed by atoms with Crippen molar-refractivity contribution in [2.45, 2.75) is 5.92 Å². The number of aromatic carboxylic acids is 1. The molecule has 0 heterocycles. The van der Waals surface area contributed by atoms with Crippen LogP contribution in [0.15, 0.2) is 36.4 Å². The first-order chi connectivity index (χ1) is 13.2. The fourth-order valence-electron chi connectivity index (χ4n) is 2.70. The summed E-state index contributed by atoms with van der Waals surface area (Å²) in [6.45, 7) is 0. The number of carbonyl (C=O) groups excluding carboxylic acids is 2. The average molecular weight is 388 g/mol. The van der Waals surface area contributed by atoms with Crippen molar-refractivity contribution in [3.05, 3.63) is 64.2 Å². The van der Waals surface area contributed by atoms with E-state index in [-0.39, 0.29) is 27.8 Å². The Bertz CT molecular complexity index is 962. The van der Waals surface area contributed by atoms with Crippen LogP contribution in [0.3, 0.4) is 0 Å². The van der Waals surface area contributed by atoms with Gasteiger partial charge in [0.25, 0.3) is 0 Å². The average Bonchev–Trinajstić information content (AvgIpc) is 2.66. The number of phenols is 1. The highest BCUT2D eigenvalue weighted by Crippen LogP contribution is 2.31. The minimum atomic E-state index is -1.38. The normalized spacial score (nSPS) is 11.4. The van der Waals surface area contributed by atoms with Gasteiger partial charge < -0.3 is 24.8 Å². The van der Waals surface area contributed by atoms with E-state index in [2.05, 4.69) is 9.47 Å². The molecule has 1 atom stereocenters. The zero-order valence-electron chi connectivity index (χ0n) is 14.8. The number of phenolic OH excluding ortho intramolecular Hbond substituents is 1. The predicted molar refractivity (Wildman–Crippen MR) is 93.7 cm³/mol. The van der Waals surface area contributed by atoms with Crippen LogP contribution in [-0.4, -0.2) is 53.4 Å². The third-order valence-electron chi connectivity index (χ3n) is 4.02. The molecule has 0 radical (unpaired) electrons. The number of aromatic hydroxyl groups is 1. The Balaban J connectivity index is 2.60. The molecular weight excluding hydrogens is 372 g/mol. The van der Waals surface area contributed by atoms with Crippen LogP contribution < -0.4 is 0 Å². The van der Waals surface area contributed by atoms with E-state index in [0.717, 1.165) is 32.4 Å². The molecule has 9 nitrogen and oxygen atoms in total. The predicted octanol–water partition coefficient (Wildman–Crippen LogP) is 1.88. The lowest BCUT2D eigenvalue weighted by Crippen LogP contribution is -2.16. The Morgan fingerprint density at radius 1 is 0.786 bits per heavy atom. The number of ether oxygens (including phenoxy) is 2. The lowest BCUT2D eigenvalue weighted by Gasteiger charge is -2.16. The van der Waals surface area contributed by atoms with E-state index < -0.39 is 35.5 Å². The first kappa shape index (κ1) is 20.4. The summed E-state index contributed by atoms with van der Waals surface area (Å²) in [7, 11) is 2.20. The Morgan fingerprint density at radius 3 is 1.75 bits per heavy atom. The van der Waals surface area contributed by atoms with Crippen LogP contribution in [0.1, 0.15) is 48.1 Å². The second kappa shape index (κ2) is 8.21. The molecule has 0 bridgehead atoms. The van der Waals surface area contributed by atoms with Crippen LogP contribution in [0.25, 0.3) is 0 Å². The minimum absolute atomic E-state index is 0.0862. The van der Waals surface area contributed by atoms with Gasteiger partial charge >= 0.3 is 23.9 Å². The maximum Gasteiger partial charge on any atom is 0.341 e. The first-order valence-electron chi connectivity index (χ1n) is 7.80. The minimum Gasteiger partial charge on any atom is -0.507 e. The molecule has 0 saturated heterocycles. The lowest BCUT2D eigenvalue weighted by atomic mass is 9.88. The van der Waals surface area contributed by atoms with Crippen LogP contribution in [0.2, 0.25) is 0 Å². The van der Waals surface area contributed by atoms with Gasteiger partial charge in [0.05, 0.1) is 25.3 Å². The van der Waals surface area contributed by atoms with Gasteiger partial charge in [-0.3, -0.25) is 4.79 Å². The number of rotatable bonds is 6. The second-order valence-electron chi connectivity index (χ2n) is 5.64. The van der Waals surface area contributed by atoms with Crippen molar-refractivity contribution in [1.82, 2.24) is 0 Å². The molecule has 0 spiro atoms. The summed E-state index contributed by atoms with van der Waals surface area (Å²) in [4.78, 5) is 46.6. The molecule has 0 saturated carbocycles. The molecule has 0 aliphatic carbocycles. The highest BCUT2D eigenvalue weighted by Gasteiger charge is 2.27. The van der Waals surface area contributed by atoms with E-state index in [4.69, 9.17) is 0 Å². The fourth-order valence-corrected chi connectivity index (χ4v) is 2.70. The smallest absolute Gasteiger partial charge is 0.341 e. The van der Waals surface area contributed by atoms with Crippen LogP contribution in [-0.2, 0) is 14.3 Å². The number of carbonyl (C=O) groups is 4. The highest BCUT2D eigenvalue weighted by atomic mass is 16.5. The molecular formula is C19H16O9. The van der Waals surface area contributed by atoms with E-state index in [0.29, 0.717) is 0 Å². The first-order valence-corrected chi connectivity index (χ1v) is 7.80. The van der Waals surface area contributed by atoms with Crippen molar-refractivity contribution in [3.63, 3.8) is 0 Å². The van der Waals surface area contributed by atoms with Gasteiger partial charge in [0, 0.05) is 0 Å². The largest absolute Gasteiger partial charge is 0.507 e. The summed E-state index contributed by atoms with van der Waals surface area (Å²) >= 11 is 0. The van der Waals surface area contributed by atoms with Crippen LogP contribution in [0.4, 0.5) is 0 Å². The summed E-state index contributed by atoms with van der Waals surface area (Å²) in [6.07, 6.45) is 0. The van der Waals surface area contributed by atoms with Gasteiger partial charge in [0.1, 0.15) is 17.2 Å². The Labute approximate surface area is 158 Å². The maximum absolute atomic E-state index is 11.9. The number of hydrogen-bond acceptors (Lipinski definition) is 7. The second-order valence-corrected chi connectivity index (χ2v) is 5.64. The van der Waals surface area contributed by atoms with Crippen molar-refractivity contribution in [2.75, 3.05) is 14.2 Å². The highest BCUT2D eigenvalue weighted by molar-refractivity contribution is 6.03. The van der Waals surface area contributed by atoms with E-state index in [1.165, 1.54) is 18.2 Å². The van der Waals surface area contributed by atoms with E-state index in [9.17, 15) is 34.5 Å². The zero-order valence-corrected chi connectivity index (χ0v) is 14.8. The van der Waals surface area contributed by atoms with Crippen molar-refractivity contribution >= 4 is 23.9 Å². The van der Waals surface area contributed by atoms with E-state index in [1.54, 1.807) is 0 Å². The molecule has 0 fully saturated rings. The zero-order chi connectivity index (χ0) is 21.0. The van der Waals surface area contributed by atoms with Crippen molar-refractivity contribution in [1.29, 1.82) is 0 Å². The molecule has 0 aliphatic heterocycles. The molecule has 2 aromatic carbocycles. The van der Waals surface area contributed by atoms with Gasteiger partial charge in [-0.25, -0.2) is 14.4 Å². The topological polar surface area (TPSA) is 147 Å². The van der Waals surface area contributed by atoms with Crippen LogP contribution in [0, 0.1) is 0 Å². The van der Waals surface area contributed by atoms with E-state index in [1.807, 2.05) is 0 Å². The third kappa shape index (κ3) is 3.93. The van der Waals surface area contributed by atoms with Gasteiger partial charge in [0.2, 0.25) is 0 Å². The molecule has 0 amide bonds. The van der Waals surface area contributed by atoms with Gasteiger partial charge in [0.15, 0.2) is 0 Å². The van der Waals surface area contributed by atoms with Crippen LogP contribution >= 0.6 is 0 Å². The molecule has 9 heteroatoms. The Hall–Kier alpha value is -3.88. The number of carboxylic acid groups (broad SMARTS) is 2. The van der Waals surface area contributed by atoms with Crippen LogP contribution in [0.5, 0.6) is 5.75 Å². The summed E-state index contributed by atoms with van der Waals surface area (Å²) in [6, 6.07) is 7.07. The molecule has 0 aromatic heterocycles. The molecule has 28 heavy (non-hydrogen) atoms. The summed E-state index contributed by atoms with van der Waals surface area (Å²) < 4.78 is 9.08. The third-order valence-corrected chi connectivity index (χ3v) is 4.02. The van der Waals surface area contributed by atoms with Gasteiger partial charge in [-0.2, -0.15) is 0 Å². The fraction of sp³-hybridized carbons (Fsp3) is 0.158. The number of carboxylic acids is 2. The van der Waals surface area contributed by atoms with Gasteiger partial charge in [-0.05, 0) is 35.4 Å². The molecule has 2 aromatic rings. The Morgan fingerprint density at radius 2 is 1.29 bits per heavy atom. The molecule has 146 valence electrons. The molecule has 0 aliphatic rings. The molecule has 1 unspecified atom stereocenters. The standard InChI is InChI=1S/C19H16O9/c1-27-18(25)12-6-4-10(8-14(12)20)15(17(23)24)9-3-5-11(16(21)22)13(7-9)19(26)28-2/h3-8,15,20H,1-2H3,(H,21,22)(H,23,24). The van der Waals surface area contributed by atoms with Crippen molar-refractivity contribution in [3.8, 4) is 5.75 Å². The number of benzene rings is 2.